The van der Waals surface area contributed by atoms with Crippen LogP contribution in [0, 0.1) is 11.8 Å². The van der Waals surface area contributed by atoms with Crippen LogP contribution in [0.1, 0.15) is 96.8 Å². The summed E-state index contributed by atoms with van der Waals surface area (Å²) in [5.41, 5.74) is 0. The second-order valence-electron chi connectivity index (χ2n) is 8.26. The molecule has 0 spiro atoms. The van der Waals surface area contributed by atoms with Crippen molar-refractivity contribution in [3.63, 3.8) is 0 Å². The van der Waals surface area contributed by atoms with Crippen LogP contribution in [0.2, 0.25) is 5.82 Å². The Kier molecular flexibility index (Phi) is 9.74. The quantitative estimate of drug-likeness (QED) is 0.437. The summed E-state index contributed by atoms with van der Waals surface area (Å²) in [6, 6.07) is 0. The zero-order valence-electron chi connectivity index (χ0n) is 15.8. The van der Waals surface area contributed by atoms with Crippen molar-refractivity contribution in [3.05, 3.63) is 0 Å². The molecule has 0 heterocycles. The van der Waals surface area contributed by atoms with Crippen molar-refractivity contribution in [1.29, 1.82) is 0 Å². The molecule has 4 heteroatoms. The third-order valence-corrected chi connectivity index (χ3v) is 6.48. The first-order chi connectivity index (χ1) is 11.7. The highest BCUT2D eigenvalue weighted by molar-refractivity contribution is 6.43. The van der Waals surface area contributed by atoms with E-state index in [9.17, 15) is 10.0 Å². The monoisotopic (exact) mass is 338 g/mol. The molecule has 140 valence electrons. The predicted octanol–water partition coefficient (Wildman–Crippen LogP) is 4.96. The first kappa shape index (κ1) is 20.3. The Morgan fingerprint density at radius 1 is 0.750 bits per heavy atom. The Morgan fingerprint density at radius 2 is 1.29 bits per heavy atom. The van der Waals surface area contributed by atoms with Crippen molar-refractivity contribution in [3.8, 4) is 0 Å². The van der Waals surface area contributed by atoms with Gasteiger partial charge in [0.1, 0.15) is 0 Å². The molecule has 0 atom stereocenters. The molecule has 2 aliphatic rings. The number of ether oxygens (including phenoxy) is 1. The maximum Gasteiger partial charge on any atom is 0.454 e. The number of hydrogen-bond acceptors (Lipinski definition) is 3. The zero-order chi connectivity index (χ0) is 17.2. The van der Waals surface area contributed by atoms with Crippen molar-refractivity contribution in [1.82, 2.24) is 0 Å². The van der Waals surface area contributed by atoms with Gasteiger partial charge in [-0.1, -0.05) is 64.7 Å². The second-order valence-corrected chi connectivity index (χ2v) is 8.26. The highest BCUT2D eigenvalue weighted by Crippen LogP contribution is 2.42. The molecule has 0 amide bonds. The number of unbranched alkanes of at least 4 members (excludes halogenated alkanes) is 5. The van der Waals surface area contributed by atoms with Crippen LogP contribution in [-0.4, -0.2) is 29.9 Å². The lowest BCUT2D eigenvalue weighted by Gasteiger charge is -2.37. The lowest BCUT2D eigenvalue weighted by atomic mass is 9.61. The van der Waals surface area contributed by atoms with E-state index in [1.54, 1.807) is 0 Å². The standard InChI is InChI=1S/C20H39BO3/c1-2-3-4-5-6-7-16-24-20-14-10-18(11-15-20)17-8-12-19(13-9-17)21(22)23/h17-20,22-23H,2-16H2,1H3. The fourth-order valence-electron chi connectivity index (χ4n) is 4.77. The number of rotatable bonds is 10. The van der Waals surface area contributed by atoms with E-state index in [-0.39, 0.29) is 5.82 Å². The molecule has 0 bridgehead atoms. The summed E-state index contributed by atoms with van der Waals surface area (Å²) >= 11 is 0. The van der Waals surface area contributed by atoms with E-state index in [0.29, 0.717) is 6.10 Å². The lowest BCUT2D eigenvalue weighted by Crippen LogP contribution is -2.31. The Labute approximate surface area is 149 Å². The van der Waals surface area contributed by atoms with Gasteiger partial charge in [0, 0.05) is 6.61 Å². The normalized spacial score (nSPS) is 31.1. The first-order valence-electron chi connectivity index (χ1n) is 10.7. The van der Waals surface area contributed by atoms with Crippen LogP contribution in [-0.2, 0) is 4.74 Å². The van der Waals surface area contributed by atoms with Crippen LogP contribution < -0.4 is 0 Å². The molecule has 2 saturated carbocycles. The Hall–Kier alpha value is -0.0551. The Morgan fingerprint density at radius 3 is 1.88 bits per heavy atom. The van der Waals surface area contributed by atoms with Crippen LogP contribution in [0.5, 0.6) is 0 Å². The van der Waals surface area contributed by atoms with Crippen LogP contribution in [0.25, 0.3) is 0 Å². The molecule has 2 rings (SSSR count). The molecular formula is C20H39BO3. The molecule has 0 aromatic heterocycles. The van der Waals surface area contributed by atoms with Gasteiger partial charge in [0.25, 0.3) is 0 Å². The Balaban J connectivity index is 1.51. The molecule has 0 aromatic rings. The van der Waals surface area contributed by atoms with Gasteiger partial charge in [0.05, 0.1) is 6.10 Å². The molecule has 3 nitrogen and oxygen atoms in total. The van der Waals surface area contributed by atoms with Crippen molar-refractivity contribution in [2.75, 3.05) is 6.61 Å². The second kappa shape index (κ2) is 11.5. The van der Waals surface area contributed by atoms with Crippen LogP contribution in [0.4, 0.5) is 0 Å². The van der Waals surface area contributed by atoms with E-state index in [0.717, 1.165) is 31.3 Å². The third kappa shape index (κ3) is 7.05. The topological polar surface area (TPSA) is 49.7 Å². The zero-order valence-corrected chi connectivity index (χ0v) is 15.8. The van der Waals surface area contributed by atoms with E-state index in [1.807, 2.05) is 0 Å². The smallest absolute Gasteiger partial charge is 0.427 e. The van der Waals surface area contributed by atoms with Gasteiger partial charge in [0.2, 0.25) is 0 Å². The van der Waals surface area contributed by atoms with Crippen molar-refractivity contribution in [2.45, 2.75) is 109 Å². The van der Waals surface area contributed by atoms with E-state index in [2.05, 4.69) is 6.92 Å². The fraction of sp³-hybridized carbons (Fsp3) is 1.00. The molecule has 2 N–H and O–H groups in total. The van der Waals surface area contributed by atoms with Gasteiger partial charge in [-0.15, -0.1) is 0 Å². The van der Waals surface area contributed by atoms with Gasteiger partial charge in [0.15, 0.2) is 0 Å². The van der Waals surface area contributed by atoms with E-state index >= 15 is 0 Å². The van der Waals surface area contributed by atoms with Crippen LogP contribution >= 0.6 is 0 Å². The average molecular weight is 338 g/mol. The van der Waals surface area contributed by atoms with Crippen molar-refractivity contribution >= 4 is 7.12 Å². The summed E-state index contributed by atoms with van der Waals surface area (Å²) in [4.78, 5) is 0. The summed E-state index contributed by atoms with van der Waals surface area (Å²) in [7, 11) is -1.10. The molecule has 2 fully saturated rings. The molecule has 2 aliphatic carbocycles. The summed E-state index contributed by atoms with van der Waals surface area (Å²) in [6.07, 6.45) is 18.0. The molecule has 0 saturated heterocycles. The fourth-order valence-corrected chi connectivity index (χ4v) is 4.77. The molecule has 0 aromatic carbocycles. The highest BCUT2D eigenvalue weighted by Gasteiger charge is 2.34. The molecular weight excluding hydrogens is 299 g/mol. The molecule has 24 heavy (non-hydrogen) atoms. The predicted molar refractivity (Wildman–Crippen MR) is 101 cm³/mol. The minimum Gasteiger partial charge on any atom is -0.427 e. The maximum absolute atomic E-state index is 9.31. The maximum atomic E-state index is 9.31. The summed E-state index contributed by atoms with van der Waals surface area (Å²) in [5.74, 6) is 1.80. The minimum atomic E-state index is -1.10. The van der Waals surface area contributed by atoms with Gasteiger partial charge in [-0.2, -0.15) is 0 Å². The average Bonchev–Trinajstić information content (AvgIpc) is 2.61. The summed E-state index contributed by atoms with van der Waals surface area (Å²) in [6.45, 7) is 3.22. The summed E-state index contributed by atoms with van der Waals surface area (Å²) < 4.78 is 6.11. The van der Waals surface area contributed by atoms with Crippen LogP contribution in [0.15, 0.2) is 0 Å². The molecule has 0 unspecified atom stereocenters. The third-order valence-electron chi connectivity index (χ3n) is 6.48. The van der Waals surface area contributed by atoms with E-state index in [4.69, 9.17) is 4.74 Å². The summed E-state index contributed by atoms with van der Waals surface area (Å²) in [5, 5.41) is 18.6. The van der Waals surface area contributed by atoms with Gasteiger partial charge < -0.3 is 14.8 Å². The molecule has 0 aliphatic heterocycles. The van der Waals surface area contributed by atoms with E-state index in [1.165, 1.54) is 77.0 Å². The van der Waals surface area contributed by atoms with Gasteiger partial charge in [-0.25, -0.2) is 0 Å². The largest absolute Gasteiger partial charge is 0.454 e. The lowest BCUT2D eigenvalue weighted by molar-refractivity contribution is 0.00651. The van der Waals surface area contributed by atoms with Gasteiger partial charge in [-0.05, 0) is 49.8 Å². The first-order valence-corrected chi connectivity index (χ1v) is 10.7. The van der Waals surface area contributed by atoms with E-state index < -0.39 is 7.12 Å². The SMILES string of the molecule is CCCCCCCCOC1CCC(C2CCC(B(O)O)CC2)CC1. The highest BCUT2D eigenvalue weighted by atomic mass is 16.5. The minimum absolute atomic E-state index is 0.123. The Bertz CT molecular complexity index is 308. The van der Waals surface area contributed by atoms with Crippen LogP contribution in [0.3, 0.4) is 0 Å². The van der Waals surface area contributed by atoms with Gasteiger partial charge in [-0.3, -0.25) is 0 Å². The van der Waals surface area contributed by atoms with Crippen molar-refractivity contribution in [2.24, 2.45) is 11.8 Å². The number of hydrogen-bond donors (Lipinski definition) is 2. The molecule has 0 radical (unpaired) electrons. The van der Waals surface area contributed by atoms with Gasteiger partial charge >= 0.3 is 7.12 Å². The van der Waals surface area contributed by atoms with Crippen molar-refractivity contribution < 1.29 is 14.8 Å².